The van der Waals surface area contributed by atoms with Crippen LogP contribution in [0.5, 0.6) is 0 Å². The number of aromatic nitrogens is 3. The number of thiazole rings is 2. The van der Waals surface area contributed by atoms with Gasteiger partial charge in [-0.05, 0) is 37.8 Å². The number of rotatable bonds is 6. The van der Waals surface area contributed by atoms with Crippen LogP contribution in [0.15, 0.2) is 35.7 Å². The zero-order valence-corrected chi connectivity index (χ0v) is 18.3. The fourth-order valence-corrected chi connectivity index (χ4v) is 5.74. The highest BCUT2D eigenvalue weighted by atomic mass is 32.1. The van der Waals surface area contributed by atoms with Gasteiger partial charge in [-0.15, -0.1) is 22.7 Å². The first-order valence-corrected chi connectivity index (χ1v) is 11.8. The van der Waals surface area contributed by atoms with E-state index in [2.05, 4.69) is 38.1 Å². The number of nitrogens with zero attached hydrogens (tertiary/aromatic N) is 3. The molecule has 0 fully saturated rings. The molecule has 6 nitrogen and oxygen atoms in total. The van der Waals surface area contributed by atoms with Crippen molar-refractivity contribution in [2.45, 2.75) is 32.2 Å². The van der Waals surface area contributed by atoms with Crippen molar-refractivity contribution < 1.29 is 9.53 Å². The minimum atomic E-state index is -0.205. The Morgan fingerprint density at radius 1 is 1.23 bits per heavy atom. The van der Waals surface area contributed by atoms with Gasteiger partial charge in [0.25, 0.3) is 5.91 Å². The van der Waals surface area contributed by atoms with Crippen LogP contribution < -0.4 is 5.32 Å². The van der Waals surface area contributed by atoms with Gasteiger partial charge >= 0.3 is 0 Å². The van der Waals surface area contributed by atoms with E-state index in [-0.39, 0.29) is 5.91 Å². The Bertz CT molecular complexity index is 1180. The van der Waals surface area contributed by atoms with E-state index in [4.69, 9.17) is 4.74 Å². The summed E-state index contributed by atoms with van der Waals surface area (Å²) in [6.07, 6.45) is 4.45. The van der Waals surface area contributed by atoms with Crippen molar-refractivity contribution in [2.24, 2.45) is 0 Å². The average molecular weight is 439 g/mol. The molecule has 4 aromatic rings. The molecule has 5 rings (SSSR count). The van der Waals surface area contributed by atoms with E-state index in [1.165, 1.54) is 29.1 Å². The summed E-state index contributed by atoms with van der Waals surface area (Å²) in [5.41, 5.74) is 3.70. The quantitative estimate of drug-likeness (QED) is 0.460. The number of amides is 1. The summed E-state index contributed by atoms with van der Waals surface area (Å²) >= 11 is 3.07. The van der Waals surface area contributed by atoms with Crippen LogP contribution in [0.4, 0.5) is 5.13 Å². The number of anilines is 1. The van der Waals surface area contributed by atoms with Gasteiger partial charge in [-0.1, -0.05) is 18.2 Å². The van der Waals surface area contributed by atoms with E-state index in [0.717, 1.165) is 46.7 Å². The highest BCUT2D eigenvalue weighted by Crippen LogP contribution is 2.32. The largest absolute Gasteiger partial charge is 0.383 e. The standard InChI is InChI=1S/C22H22N4O2S2/c1-28-11-10-26-17-8-4-2-6-14(17)12-18(26)21-23-16(13-29-21)20(27)25-22-24-15-7-3-5-9-19(15)30-22/h2,4,6,8,12-13H,3,5,7,9-11H2,1H3,(H,24,25,27). The van der Waals surface area contributed by atoms with Crippen LogP contribution >= 0.6 is 22.7 Å². The first-order chi connectivity index (χ1) is 14.7. The normalized spacial score (nSPS) is 13.5. The average Bonchev–Trinajstić information content (AvgIpc) is 3.48. The van der Waals surface area contributed by atoms with Crippen molar-refractivity contribution in [3.05, 3.63) is 52.0 Å². The van der Waals surface area contributed by atoms with E-state index < -0.39 is 0 Å². The summed E-state index contributed by atoms with van der Waals surface area (Å²) in [4.78, 5) is 23.3. The zero-order valence-electron chi connectivity index (χ0n) is 16.7. The van der Waals surface area contributed by atoms with Crippen LogP contribution in [0.25, 0.3) is 21.6 Å². The topological polar surface area (TPSA) is 69.0 Å². The van der Waals surface area contributed by atoms with Gasteiger partial charge in [0.2, 0.25) is 0 Å². The molecule has 0 saturated carbocycles. The van der Waals surface area contributed by atoms with E-state index in [9.17, 15) is 4.79 Å². The summed E-state index contributed by atoms with van der Waals surface area (Å²) in [5, 5.41) is 7.41. The minimum Gasteiger partial charge on any atom is -0.383 e. The van der Waals surface area contributed by atoms with Gasteiger partial charge in [0.15, 0.2) is 5.13 Å². The molecule has 3 aromatic heterocycles. The highest BCUT2D eigenvalue weighted by molar-refractivity contribution is 7.16. The van der Waals surface area contributed by atoms with Gasteiger partial charge in [0.05, 0.1) is 18.0 Å². The molecule has 0 radical (unpaired) electrons. The number of fused-ring (bicyclic) bond motifs is 2. The van der Waals surface area contributed by atoms with Crippen LogP contribution in [-0.4, -0.2) is 34.2 Å². The number of benzene rings is 1. The molecule has 0 spiro atoms. The number of aryl methyl sites for hydroxylation is 2. The molecule has 1 amide bonds. The number of carbonyl (C=O) groups excluding carboxylic acids is 1. The third-order valence-electron chi connectivity index (χ3n) is 5.35. The van der Waals surface area contributed by atoms with Crippen LogP contribution in [0.3, 0.4) is 0 Å². The molecule has 0 unspecified atom stereocenters. The first-order valence-electron chi connectivity index (χ1n) is 10.1. The van der Waals surface area contributed by atoms with Crippen molar-refractivity contribution in [3.8, 4) is 10.7 Å². The van der Waals surface area contributed by atoms with Gasteiger partial charge in [-0.2, -0.15) is 0 Å². The van der Waals surface area contributed by atoms with Gasteiger partial charge in [0, 0.05) is 34.8 Å². The third-order valence-corrected chi connectivity index (χ3v) is 7.29. The molecule has 1 aliphatic carbocycles. The Balaban J connectivity index is 1.41. The summed E-state index contributed by atoms with van der Waals surface area (Å²) < 4.78 is 7.49. The van der Waals surface area contributed by atoms with E-state index >= 15 is 0 Å². The molecule has 1 aromatic carbocycles. The third kappa shape index (κ3) is 3.66. The van der Waals surface area contributed by atoms with Crippen molar-refractivity contribution >= 4 is 44.6 Å². The van der Waals surface area contributed by atoms with Crippen LogP contribution in [-0.2, 0) is 24.1 Å². The lowest BCUT2D eigenvalue weighted by Gasteiger charge is -2.08. The minimum absolute atomic E-state index is 0.205. The van der Waals surface area contributed by atoms with Crippen molar-refractivity contribution in [1.82, 2.24) is 14.5 Å². The molecule has 154 valence electrons. The maximum absolute atomic E-state index is 12.8. The smallest absolute Gasteiger partial charge is 0.276 e. The molecule has 3 heterocycles. The fourth-order valence-electron chi connectivity index (χ4n) is 3.87. The lowest BCUT2D eigenvalue weighted by molar-refractivity contribution is 0.102. The van der Waals surface area contributed by atoms with Gasteiger partial charge < -0.3 is 9.30 Å². The lowest BCUT2D eigenvalue weighted by atomic mass is 10.0. The number of methoxy groups -OCH3 is 1. The molecule has 1 N–H and O–H groups in total. The Morgan fingerprint density at radius 3 is 2.97 bits per heavy atom. The number of ether oxygens (including phenoxy) is 1. The number of carbonyl (C=O) groups is 1. The number of nitrogens with one attached hydrogen (secondary N) is 1. The number of para-hydroxylation sites is 1. The maximum Gasteiger partial charge on any atom is 0.276 e. The summed E-state index contributed by atoms with van der Waals surface area (Å²) in [6.45, 7) is 1.34. The number of hydrogen-bond donors (Lipinski definition) is 1. The first kappa shape index (κ1) is 19.4. The maximum atomic E-state index is 12.8. The predicted octanol–water partition coefficient (Wildman–Crippen LogP) is 5.00. The zero-order chi connectivity index (χ0) is 20.5. The Hall–Kier alpha value is -2.55. The molecule has 0 saturated heterocycles. The Labute approximate surface area is 182 Å². The summed E-state index contributed by atoms with van der Waals surface area (Å²) in [7, 11) is 1.70. The fraction of sp³-hybridized carbons (Fsp3) is 0.318. The predicted molar refractivity (Wildman–Crippen MR) is 122 cm³/mol. The Kier molecular flexibility index (Phi) is 5.37. The molecule has 0 aliphatic heterocycles. The van der Waals surface area contributed by atoms with Gasteiger partial charge in [0.1, 0.15) is 10.7 Å². The molecule has 8 heteroatoms. The van der Waals surface area contributed by atoms with Crippen molar-refractivity contribution in [1.29, 1.82) is 0 Å². The second kappa shape index (κ2) is 8.29. The SMILES string of the molecule is COCCn1c(-c2nc(C(=O)Nc3nc4c(s3)CCCC4)cs2)cc2ccccc21. The molecule has 0 bridgehead atoms. The summed E-state index contributed by atoms with van der Waals surface area (Å²) in [6, 6.07) is 10.4. The van der Waals surface area contributed by atoms with E-state index in [0.29, 0.717) is 17.4 Å². The lowest BCUT2D eigenvalue weighted by Crippen LogP contribution is -2.12. The molecule has 30 heavy (non-hydrogen) atoms. The van der Waals surface area contributed by atoms with E-state index in [1.807, 2.05) is 17.5 Å². The van der Waals surface area contributed by atoms with Gasteiger partial charge in [-0.3, -0.25) is 10.1 Å². The van der Waals surface area contributed by atoms with Crippen LogP contribution in [0.1, 0.15) is 33.9 Å². The van der Waals surface area contributed by atoms with Crippen LogP contribution in [0, 0.1) is 0 Å². The monoisotopic (exact) mass is 438 g/mol. The molecular weight excluding hydrogens is 416 g/mol. The molecule has 0 atom stereocenters. The van der Waals surface area contributed by atoms with E-state index in [1.54, 1.807) is 18.4 Å². The second-order valence-electron chi connectivity index (χ2n) is 7.32. The van der Waals surface area contributed by atoms with Crippen molar-refractivity contribution in [3.63, 3.8) is 0 Å². The summed E-state index contributed by atoms with van der Waals surface area (Å²) in [5.74, 6) is -0.205. The van der Waals surface area contributed by atoms with Crippen molar-refractivity contribution in [2.75, 3.05) is 19.0 Å². The number of hydrogen-bond acceptors (Lipinski definition) is 6. The Morgan fingerprint density at radius 2 is 2.10 bits per heavy atom. The van der Waals surface area contributed by atoms with Crippen LogP contribution in [0.2, 0.25) is 0 Å². The van der Waals surface area contributed by atoms with Gasteiger partial charge in [-0.25, -0.2) is 9.97 Å². The second-order valence-corrected chi connectivity index (χ2v) is 9.26. The highest BCUT2D eigenvalue weighted by Gasteiger charge is 2.20. The molecule has 1 aliphatic rings. The molecular formula is C22H22N4O2S2.